The summed E-state index contributed by atoms with van der Waals surface area (Å²) in [4.78, 5) is 11.0. The van der Waals surface area contributed by atoms with Crippen LogP contribution in [-0.2, 0) is 10.0 Å². The third-order valence-corrected chi connectivity index (χ3v) is 4.46. The van der Waals surface area contributed by atoms with E-state index in [4.69, 9.17) is 5.73 Å². The number of rotatable bonds is 3. The molecule has 1 amide bonds. The molecule has 0 unspecified atom stereocenters. The Balaban J connectivity index is 2.43. The molecule has 2 N–H and O–H groups in total. The minimum atomic E-state index is -3.82. The van der Waals surface area contributed by atoms with Gasteiger partial charge < -0.3 is 5.73 Å². The fourth-order valence-corrected chi connectivity index (χ4v) is 3.31. The van der Waals surface area contributed by atoms with Gasteiger partial charge in [0.15, 0.2) is 0 Å². The van der Waals surface area contributed by atoms with Crippen molar-refractivity contribution in [1.29, 1.82) is 0 Å². The van der Waals surface area contributed by atoms with Gasteiger partial charge in [0.25, 0.3) is 0 Å². The molecular weight excluding hydrogens is 247 g/mol. The van der Waals surface area contributed by atoms with Crippen LogP contribution >= 0.6 is 0 Å². The second kappa shape index (κ2) is 4.08. The van der Waals surface area contributed by atoms with Crippen LogP contribution in [0.15, 0.2) is 29.2 Å². The molecule has 2 rings (SSSR count). The van der Waals surface area contributed by atoms with Crippen molar-refractivity contribution < 1.29 is 17.6 Å². The summed E-state index contributed by atoms with van der Waals surface area (Å²) in [5, 5.41) is 0. The van der Waals surface area contributed by atoms with E-state index in [1.807, 2.05) is 0 Å². The van der Waals surface area contributed by atoms with E-state index in [0.717, 1.165) is 4.31 Å². The van der Waals surface area contributed by atoms with Crippen molar-refractivity contribution in [2.45, 2.75) is 11.1 Å². The molecule has 1 aliphatic heterocycles. The number of primary amides is 1. The maximum absolute atomic E-state index is 12.7. The van der Waals surface area contributed by atoms with E-state index in [0.29, 0.717) is 0 Å². The normalized spacial score (nSPS) is 17.7. The van der Waals surface area contributed by atoms with Gasteiger partial charge in [-0.2, -0.15) is 4.31 Å². The maximum atomic E-state index is 12.7. The number of hydrogen-bond acceptors (Lipinski definition) is 3. The average molecular weight is 258 g/mol. The van der Waals surface area contributed by atoms with Gasteiger partial charge in [-0.05, 0) is 12.1 Å². The lowest BCUT2D eigenvalue weighted by molar-refractivity contribution is 0.0996. The van der Waals surface area contributed by atoms with Crippen molar-refractivity contribution in [2.24, 2.45) is 5.73 Å². The van der Waals surface area contributed by atoms with Gasteiger partial charge in [0.2, 0.25) is 15.9 Å². The molecule has 7 heteroatoms. The number of benzene rings is 1. The minimum absolute atomic E-state index is 0.0743. The first-order valence-electron chi connectivity index (χ1n) is 4.96. The standard InChI is InChI=1S/C10H11FN2O3S/c11-7-5-13(6-7)17(15,16)9-4-2-1-3-8(9)10(12)14/h1-4,7H,5-6H2,(H2,12,14). The average Bonchev–Trinajstić information content (AvgIpc) is 2.24. The lowest BCUT2D eigenvalue weighted by atomic mass is 10.2. The zero-order valence-electron chi connectivity index (χ0n) is 8.84. The van der Waals surface area contributed by atoms with E-state index in [2.05, 4.69) is 0 Å². The van der Waals surface area contributed by atoms with E-state index in [1.54, 1.807) is 0 Å². The lowest BCUT2D eigenvalue weighted by Crippen LogP contribution is -2.51. The SMILES string of the molecule is NC(=O)c1ccccc1S(=O)(=O)N1CC(F)C1. The van der Waals surface area contributed by atoms with Crippen molar-refractivity contribution in [2.75, 3.05) is 13.1 Å². The molecule has 0 saturated carbocycles. The molecule has 5 nitrogen and oxygen atoms in total. The lowest BCUT2D eigenvalue weighted by Gasteiger charge is -2.33. The largest absolute Gasteiger partial charge is 0.366 e. The Morgan fingerprint density at radius 1 is 1.35 bits per heavy atom. The van der Waals surface area contributed by atoms with Crippen LogP contribution in [0.2, 0.25) is 0 Å². The molecule has 92 valence electrons. The molecule has 0 atom stereocenters. The quantitative estimate of drug-likeness (QED) is 0.836. The van der Waals surface area contributed by atoms with E-state index in [1.165, 1.54) is 24.3 Å². The summed E-state index contributed by atoms with van der Waals surface area (Å²) in [6.45, 7) is -0.342. The van der Waals surface area contributed by atoms with E-state index in [-0.39, 0.29) is 23.5 Å². The van der Waals surface area contributed by atoms with Gasteiger partial charge >= 0.3 is 0 Å². The molecule has 0 radical (unpaired) electrons. The van der Waals surface area contributed by atoms with Crippen LogP contribution in [0, 0.1) is 0 Å². The van der Waals surface area contributed by atoms with Crippen LogP contribution in [0.3, 0.4) is 0 Å². The zero-order valence-corrected chi connectivity index (χ0v) is 9.65. The van der Waals surface area contributed by atoms with Gasteiger partial charge in [0.05, 0.1) is 10.5 Å². The summed E-state index contributed by atoms with van der Waals surface area (Å²) in [5.41, 5.74) is 5.03. The highest BCUT2D eigenvalue weighted by Gasteiger charge is 2.38. The second-order valence-corrected chi connectivity index (χ2v) is 5.69. The highest BCUT2D eigenvalue weighted by molar-refractivity contribution is 7.89. The Bertz CT molecular complexity index is 552. The van der Waals surface area contributed by atoms with Crippen LogP contribution in [0.5, 0.6) is 0 Å². The number of nitrogens with zero attached hydrogens (tertiary/aromatic N) is 1. The van der Waals surface area contributed by atoms with Crippen LogP contribution in [0.25, 0.3) is 0 Å². The Hall–Kier alpha value is -1.47. The van der Waals surface area contributed by atoms with E-state index in [9.17, 15) is 17.6 Å². The number of amides is 1. The predicted octanol–water partition coefficient (Wildman–Crippen LogP) is 0.128. The number of halogens is 1. The second-order valence-electron chi connectivity index (χ2n) is 3.78. The van der Waals surface area contributed by atoms with Crippen molar-refractivity contribution >= 4 is 15.9 Å². The molecule has 0 spiro atoms. The third kappa shape index (κ3) is 2.03. The summed E-state index contributed by atoms with van der Waals surface area (Å²) in [7, 11) is -3.82. The molecule has 0 bridgehead atoms. The summed E-state index contributed by atoms with van der Waals surface area (Å²) in [5.74, 6) is -0.818. The fourth-order valence-electron chi connectivity index (χ4n) is 1.62. The number of sulfonamides is 1. The minimum Gasteiger partial charge on any atom is -0.366 e. The van der Waals surface area contributed by atoms with Crippen LogP contribution in [-0.4, -0.2) is 37.9 Å². The van der Waals surface area contributed by atoms with Crippen molar-refractivity contribution in [3.05, 3.63) is 29.8 Å². The number of hydrogen-bond donors (Lipinski definition) is 1. The zero-order chi connectivity index (χ0) is 12.6. The van der Waals surface area contributed by atoms with E-state index < -0.39 is 22.1 Å². The van der Waals surface area contributed by atoms with Crippen LogP contribution in [0.4, 0.5) is 4.39 Å². The summed E-state index contributed by atoms with van der Waals surface area (Å²) in [6, 6.07) is 5.64. The van der Waals surface area contributed by atoms with E-state index >= 15 is 0 Å². The fraction of sp³-hybridized carbons (Fsp3) is 0.300. The van der Waals surface area contributed by atoms with Gasteiger partial charge in [-0.25, -0.2) is 12.8 Å². The first-order valence-corrected chi connectivity index (χ1v) is 6.40. The number of nitrogens with two attached hydrogens (primary N) is 1. The molecule has 1 aromatic carbocycles. The topological polar surface area (TPSA) is 80.5 Å². The molecule has 1 aromatic rings. The Labute approximate surface area is 98.1 Å². The Morgan fingerprint density at radius 3 is 2.47 bits per heavy atom. The van der Waals surface area contributed by atoms with Gasteiger partial charge in [-0.15, -0.1) is 0 Å². The van der Waals surface area contributed by atoms with Crippen LogP contribution in [0.1, 0.15) is 10.4 Å². The van der Waals surface area contributed by atoms with Gasteiger partial charge in [0, 0.05) is 13.1 Å². The molecule has 0 aromatic heterocycles. The summed E-state index contributed by atoms with van der Waals surface area (Å²) >= 11 is 0. The highest BCUT2D eigenvalue weighted by atomic mass is 32.2. The molecule has 17 heavy (non-hydrogen) atoms. The summed E-state index contributed by atoms with van der Waals surface area (Å²) < 4.78 is 37.7. The van der Waals surface area contributed by atoms with Crippen molar-refractivity contribution in [3.63, 3.8) is 0 Å². The number of carbonyl (C=O) groups excluding carboxylic acids is 1. The predicted molar refractivity (Wildman–Crippen MR) is 58.6 cm³/mol. The van der Waals surface area contributed by atoms with Gasteiger partial charge in [-0.3, -0.25) is 4.79 Å². The Morgan fingerprint density at radius 2 is 1.94 bits per heavy atom. The van der Waals surface area contributed by atoms with Crippen molar-refractivity contribution in [1.82, 2.24) is 4.31 Å². The number of alkyl halides is 1. The first-order chi connectivity index (χ1) is 7.93. The van der Waals surface area contributed by atoms with Gasteiger partial charge in [-0.1, -0.05) is 12.1 Å². The molecule has 1 aliphatic rings. The Kier molecular flexibility index (Phi) is 2.88. The monoisotopic (exact) mass is 258 g/mol. The van der Waals surface area contributed by atoms with Crippen molar-refractivity contribution in [3.8, 4) is 0 Å². The molecule has 0 aliphatic carbocycles. The maximum Gasteiger partial charge on any atom is 0.250 e. The summed E-state index contributed by atoms with van der Waals surface area (Å²) in [6.07, 6.45) is -1.13. The molecular formula is C10H11FN2O3S. The first kappa shape index (κ1) is 12.0. The third-order valence-electron chi connectivity index (χ3n) is 2.57. The van der Waals surface area contributed by atoms with Crippen LogP contribution < -0.4 is 5.73 Å². The smallest absolute Gasteiger partial charge is 0.250 e. The van der Waals surface area contributed by atoms with Gasteiger partial charge in [0.1, 0.15) is 6.17 Å². The molecule has 1 heterocycles. The highest BCUT2D eigenvalue weighted by Crippen LogP contribution is 2.25. The molecule has 1 saturated heterocycles. The number of carbonyl (C=O) groups is 1. The molecule has 1 fully saturated rings.